The second kappa shape index (κ2) is 4.82. The monoisotopic (exact) mass is 284 g/mol. The number of carbonyl (C=O) groups excluding carboxylic acids is 2. The van der Waals surface area contributed by atoms with Crippen molar-refractivity contribution in [1.82, 2.24) is 10.2 Å². The third-order valence-electron chi connectivity index (χ3n) is 3.13. The number of β-amino-alcohol motifs (C(OH)–C–C–N with tert-alkyl or cyclic N) is 1. The lowest BCUT2D eigenvalue weighted by Gasteiger charge is -2.20. The number of nitrogens with one attached hydrogen (secondary N) is 1. The minimum absolute atomic E-state index is 0.508. The topological polar surface area (TPSA) is 69.6 Å². The normalized spacial score (nSPS) is 19.1. The van der Waals surface area contributed by atoms with E-state index in [9.17, 15) is 23.5 Å². The maximum Gasteiger partial charge on any atom is 0.325 e. The van der Waals surface area contributed by atoms with Crippen LogP contribution >= 0.6 is 0 Å². The fourth-order valence-electron chi connectivity index (χ4n) is 2.08. The fourth-order valence-corrected chi connectivity index (χ4v) is 2.08. The van der Waals surface area contributed by atoms with E-state index in [1.54, 1.807) is 0 Å². The Morgan fingerprint density at radius 1 is 1.30 bits per heavy atom. The summed E-state index contributed by atoms with van der Waals surface area (Å²) in [6.45, 7) is 2.50. The minimum atomic E-state index is -1.63. The van der Waals surface area contributed by atoms with E-state index in [-0.39, 0.29) is 0 Å². The largest absolute Gasteiger partial charge is 0.386 e. The number of urea groups is 1. The zero-order chi connectivity index (χ0) is 15.1. The SMILES string of the molecule is CC1(C)NC(=O)N(CC(O)c2c(F)cccc2F)C1=O. The van der Waals surface area contributed by atoms with Crippen LogP contribution in [-0.4, -0.2) is 34.0 Å². The van der Waals surface area contributed by atoms with Crippen LogP contribution in [0.1, 0.15) is 25.5 Å². The van der Waals surface area contributed by atoms with Crippen LogP contribution in [0.5, 0.6) is 0 Å². The standard InChI is InChI=1S/C13H14F2N2O3/c1-13(2)11(19)17(12(20)16-13)6-9(18)10-7(14)4-3-5-8(10)15/h3-5,9,18H,6H2,1-2H3,(H,16,20). The molecular weight excluding hydrogens is 270 g/mol. The van der Waals surface area contributed by atoms with Gasteiger partial charge < -0.3 is 10.4 Å². The maximum absolute atomic E-state index is 13.5. The van der Waals surface area contributed by atoms with Crippen LogP contribution in [0.2, 0.25) is 0 Å². The number of aliphatic hydroxyl groups is 1. The van der Waals surface area contributed by atoms with E-state index in [0.29, 0.717) is 0 Å². The number of hydrogen-bond donors (Lipinski definition) is 2. The molecule has 1 unspecified atom stereocenters. The molecule has 1 atom stereocenters. The van der Waals surface area contributed by atoms with Crippen molar-refractivity contribution in [2.45, 2.75) is 25.5 Å². The molecule has 108 valence electrons. The zero-order valence-corrected chi connectivity index (χ0v) is 11.0. The summed E-state index contributed by atoms with van der Waals surface area (Å²) in [6.07, 6.45) is -1.63. The molecule has 1 aliphatic heterocycles. The molecule has 0 aliphatic carbocycles. The van der Waals surface area contributed by atoms with Crippen LogP contribution < -0.4 is 5.32 Å². The molecular formula is C13H14F2N2O3. The van der Waals surface area contributed by atoms with Gasteiger partial charge in [0.05, 0.1) is 12.1 Å². The fraction of sp³-hybridized carbons (Fsp3) is 0.385. The van der Waals surface area contributed by atoms with Gasteiger partial charge in [0.1, 0.15) is 23.3 Å². The highest BCUT2D eigenvalue weighted by Gasteiger charge is 2.45. The molecule has 0 saturated carbocycles. The smallest absolute Gasteiger partial charge is 0.325 e. The number of benzene rings is 1. The third kappa shape index (κ3) is 2.36. The zero-order valence-electron chi connectivity index (χ0n) is 11.0. The van der Waals surface area contributed by atoms with E-state index in [2.05, 4.69) is 5.32 Å². The number of carbonyl (C=O) groups is 2. The van der Waals surface area contributed by atoms with Gasteiger partial charge in [-0.1, -0.05) is 6.07 Å². The quantitative estimate of drug-likeness (QED) is 0.823. The summed E-state index contributed by atoms with van der Waals surface area (Å²) >= 11 is 0. The van der Waals surface area contributed by atoms with E-state index < -0.39 is 47.3 Å². The summed E-state index contributed by atoms with van der Waals surface area (Å²) in [6, 6.07) is 2.46. The van der Waals surface area contributed by atoms with Gasteiger partial charge in [-0.25, -0.2) is 13.6 Å². The summed E-state index contributed by atoms with van der Waals surface area (Å²) in [7, 11) is 0. The van der Waals surface area contributed by atoms with Crippen molar-refractivity contribution in [2.75, 3.05) is 6.54 Å². The number of rotatable bonds is 3. The summed E-state index contributed by atoms with van der Waals surface area (Å²) in [5.74, 6) is -2.41. The van der Waals surface area contributed by atoms with Crippen molar-refractivity contribution < 1.29 is 23.5 Å². The lowest BCUT2D eigenvalue weighted by molar-refractivity contribution is -0.131. The molecule has 0 bridgehead atoms. The molecule has 0 radical (unpaired) electrons. The van der Waals surface area contributed by atoms with Crippen LogP contribution in [-0.2, 0) is 4.79 Å². The molecule has 5 nitrogen and oxygen atoms in total. The van der Waals surface area contributed by atoms with Gasteiger partial charge in [0.15, 0.2) is 0 Å². The van der Waals surface area contributed by atoms with E-state index in [1.165, 1.54) is 13.8 Å². The molecule has 2 rings (SSSR count). The Labute approximate surface area is 114 Å². The van der Waals surface area contributed by atoms with Gasteiger partial charge in [0, 0.05) is 0 Å². The molecule has 1 heterocycles. The molecule has 2 N–H and O–H groups in total. The van der Waals surface area contributed by atoms with Crippen LogP contribution in [0.3, 0.4) is 0 Å². The summed E-state index contributed by atoms with van der Waals surface area (Å²) < 4.78 is 27.0. The number of hydrogen-bond acceptors (Lipinski definition) is 3. The van der Waals surface area contributed by atoms with Crippen LogP contribution in [0.4, 0.5) is 13.6 Å². The molecule has 1 saturated heterocycles. The molecule has 1 aromatic carbocycles. The van der Waals surface area contributed by atoms with Crippen molar-refractivity contribution in [2.24, 2.45) is 0 Å². The van der Waals surface area contributed by atoms with Gasteiger partial charge >= 0.3 is 6.03 Å². The van der Waals surface area contributed by atoms with Crippen molar-refractivity contribution in [3.8, 4) is 0 Å². The predicted octanol–water partition coefficient (Wildman–Crippen LogP) is 1.33. The molecule has 1 aliphatic rings. The van der Waals surface area contributed by atoms with Crippen LogP contribution in [0.15, 0.2) is 18.2 Å². The van der Waals surface area contributed by atoms with Crippen molar-refractivity contribution in [1.29, 1.82) is 0 Å². The summed E-state index contributed by atoms with van der Waals surface area (Å²) in [4.78, 5) is 24.3. The first-order valence-corrected chi connectivity index (χ1v) is 6.00. The van der Waals surface area contributed by atoms with E-state index in [4.69, 9.17) is 0 Å². The highest BCUT2D eigenvalue weighted by molar-refractivity contribution is 6.06. The number of amides is 3. The van der Waals surface area contributed by atoms with E-state index >= 15 is 0 Å². The summed E-state index contributed by atoms with van der Waals surface area (Å²) in [5.41, 5.74) is -1.65. The van der Waals surface area contributed by atoms with Gasteiger partial charge in [0.2, 0.25) is 0 Å². The van der Waals surface area contributed by atoms with E-state index in [1.807, 2.05) is 0 Å². The van der Waals surface area contributed by atoms with Crippen molar-refractivity contribution in [3.63, 3.8) is 0 Å². The number of halogens is 2. The third-order valence-corrected chi connectivity index (χ3v) is 3.13. The molecule has 0 aromatic heterocycles. The van der Waals surface area contributed by atoms with Crippen LogP contribution in [0.25, 0.3) is 0 Å². The number of nitrogens with zero attached hydrogens (tertiary/aromatic N) is 1. The first kappa shape index (κ1) is 14.4. The Balaban J connectivity index is 2.23. The first-order chi connectivity index (χ1) is 9.24. The highest BCUT2D eigenvalue weighted by Crippen LogP contribution is 2.24. The average Bonchev–Trinajstić information content (AvgIpc) is 2.51. The lowest BCUT2D eigenvalue weighted by Crippen LogP contribution is -2.40. The molecule has 3 amide bonds. The second-order valence-corrected chi connectivity index (χ2v) is 5.12. The van der Waals surface area contributed by atoms with E-state index in [0.717, 1.165) is 23.1 Å². The second-order valence-electron chi connectivity index (χ2n) is 5.12. The predicted molar refractivity (Wildman–Crippen MR) is 65.6 cm³/mol. The lowest BCUT2D eigenvalue weighted by atomic mass is 10.1. The van der Waals surface area contributed by atoms with Gasteiger partial charge in [0.25, 0.3) is 5.91 Å². The van der Waals surface area contributed by atoms with Crippen molar-refractivity contribution in [3.05, 3.63) is 35.4 Å². The van der Waals surface area contributed by atoms with Gasteiger partial charge in [-0.15, -0.1) is 0 Å². The Morgan fingerprint density at radius 3 is 2.30 bits per heavy atom. The number of imide groups is 1. The van der Waals surface area contributed by atoms with Crippen LogP contribution in [0, 0.1) is 11.6 Å². The summed E-state index contributed by atoms with van der Waals surface area (Å²) in [5, 5.41) is 12.3. The molecule has 1 fully saturated rings. The van der Waals surface area contributed by atoms with Gasteiger partial charge in [-0.3, -0.25) is 9.69 Å². The average molecular weight is 284 g/mol. The first-order valence-electron chi connectivity index (χ1n) is 6.00. The highest BCUT2D eigenvalue weighted by atomic mass is 19.1. The van der Waals surface area contributed by atoms with Gasteiger partial charge in [-0.05, 0) is 26.0 Å². The number of aliphatic hydroxyl groups excluding tert-OH is 1. The molecule has 1 aromatic rings. The molecule has 7 heteroatoms. The Kier molecular flexibility index (Phi) is 3.47. The Morgan fingerprint density at radius 2 is 1.85 bits per heavy atom. The van der Waals surface area contributed by atoms with Gasteiger partial charge in [-0.2, -0.15) is 0 Å². The Hall–Kier alpha value is -2.02. The molecule has 20 heavy (non-hydrogen) atoms. The minimum Gasteiger partial charge on any atom is -0.386 e. The Bertz CT molecular complexity index is 554. The van der Waals surface area contributed by atoms with Crippen molar-refractivity contribution >= 4 is 11.9 Å². The maximum atomic E-state index is 13.5. The molecule has 0 spiro atoms.